The van der Waals surface area contributed by atoms with Crippen molar-refractivity contribution in [2.45, 2.75) is 32.4 Å². The summed E-state index contributed by atoms with van der Waals surface area (Å²) in [5.41, 5.74) is 0.925. The molecule has 0 aliphatic carbocycles. The van der Waals surface area contributed by atoms with Gasteiger partial charge in [0.25, 0.3) is 0 Å². The van der Waals surface area contributed by atoms with Gasteiger partial charge < -0.3 is 15.7 Å². The number of terminal acetylenes is 1. The molecule has 2 amide bonds. The Hall–Kier alpha value is -2.48. The van der Waals surface area contributed by atoms with E-state index in [0.29, 0.717) is 6.42 Å². The van der Waals surface area contributed by atoms with Crippen LogP contribution in [0.4, 0.5) is 4.79 Å². The first kappa shape index (κ1) is 15.6. The third-order valence-electron chi connectivity index (χ3n) is 2.82. The maximum atomic E-state index is 11.7. The van der Waals surface area contributed by atoms with Gasteiger partial charge in [-0.05, 0) is 24.1 Å². The van der Waals surface area contributed by atoms with E-state index in [1.165, 1.54) is 12.1 Å². The maximum Gasteiger partial charge on any atom is 0.335 e. The fourth-order valence-corrected chi connectivity index (χ4v) is 1.67. The van der Waals surface area contributed by atoms with Gasteiger partial charge in [0.15, 0.2) is 0 Å². The SMILES string of the molecule is C#CCC(CC)NC(=O)NCc1cccc(C(=O)O)c1. The zero-order chi connectivity index (χ0) is 15.0. The number of urea groups is 1. The number of carbonyl (C=O) groups excluding carboxylic acids is 1. The van der Waals surface area contributed by atoms with Gasteiger partial charge in [-0.1, -0.05) is 19.1 Å². The number of hydrogen-bond donors (Lipinski definition) is 3. The van der Waals surface area contributed by atoms with Crippen molar-refractivity contribution in [3.05, 3.63) is 35.4 Å². The van der Waals surface area contributed by atoms with E-state index in [4.69, 9.17) is 11.5 Å². The standard InChI is InChI=1S/C15H18N2O3/c1-3-6-13(4-2)17-15(20)16-10-11-7-5-8-12(9-11)14(18)19/h1,5,7-9,13H,4,6,10H2,2H3,(H,18,19)(H2,16,17,20). The molecule has 0 aromatic heterocycles. The molecule has 1 aromatic rings. The smallest absolute Gasteiger partial charge is 0.335 e. The molecule has 5 heteroatoms. The zero-order valence-corrected chi connectivity index (χ0v) is 11.3. The van der Waals surface area contributed by atoms with Crippen LogP contribution in [-0.2, 0) is 6.54 Å². The van der Waals surface area contributed by atoms with Gasteiger partial charge >= 0.3 is 12.0 Å². The zero-order valence-electron chi connectivity index (χ0n) is 11.3. The number of carbonyl (C=O) groups is 2. The summed E-state index contributed by atoms with van der Waals surface area (Å²) in [5, 5.41) is 14.3. The molecule has 0 heterocycles. The fourth-order valence-electron chi connectivity index (χ4n) is 1.67. The van der Waals surface area contributed by atoms with Crippen LogP contribution in [0.15, 0.2) is 24.3 Å². The summed E-state index contributed by atoms with van der Waals surface area (Å²) in [5.74, 6) is 1.52. The summed E-state index contributed by atoms with van der Waals surface area (Å²) >= 11 is 0. The lowest BCUT2D eigenvalue weighted by Gasteiger charge is -2.15. The first-order valence-electron chi connectivity index (χ1n) is 6.36. The van der Waals surface area contributed by atoms with Crippen LogP contribution in [0.1, 0.15) is 35.7 Å². The molecular formula is C15H18N2O3. The predicted octanol–water partition coefficient (Wildman–Crippen LogP) is 1.99. The van der Waals surface area contributed by atoms with Gasteiger partial charge in [-0.2, -0.15) is 0 Å². The minimum atomic E-state index is -0.989. The second-order valence-electron chi connectivity index (χ2n) is 4.35. The molecule has 106 valence electrons. The molecule has 5 nitrogen and oxygen atoms in total. The normalized spacial score (nSPS) is 11.2. The van der Waals surface area contributed by atoms with E-state index in [1.807, 2.05) is 6.92 Å². The van der Waals surface area contributed by atoms with Crippen LogP contribution >= 0.6 is 0 Å². The Morgan fingerprint density at radius 2 is 2.20 bits per heavy atom. The van der Waals surface area contributed by atoms with E-state index in [1.54, 1.807) is 12.1 Å². The molecule has 20 heavy (non-hydrogen) atoms. The first-order chi connectivity index (χ1) is 9.56. The predicted molar refractivity (Wildman–Crippen MR) is 76.3 cm³/mol. The molecule has 0 bridgehead atoms. The molecular weight excluding hydrogens is 256 g/mol. The van der Waals surface area contributed by atoms with Crippen molar-refractivity contribution in [1.29, 1.82) is 0 Å². The van der Waals surface area contributed by atoms with Gasteiger partial charge in [-0.15, -0.1) is 12.3 Å². The maximum absolute atomic E-state index is 11.7. The number of rotatable bonds is 6. The highest BCUT2D eigenvalue weighted by Gasteiger charge is 2.09. The van der Waals surface area contributed by atoms with Crippen molar-refractivity contribution in [2.24, 2.45) is 0 Å². The summed E-state index contributed by atoms with van der Waals surface area (Å²) in [4.78, 5) is 22.5. The van der Waals surface area contributed by atoms with Crippen LogP contribution in [0.25, 0.3) is 0 Å². The third-order valence-corrected chi connectivity index (χ3v) is 2.82. The van der Waals surface area contributed by atoms with Crippen LogP contribution in [-0.4, -0.2) is 23.1 Å². The molecule has 0 spiro atoms. The van der Waals surface area contributed by atoms with Crippen LogP contribution in [0.2, 0.25) is 0 Å². The van der Waals surface area contributed by atoms with Crippen LogP contribution in [0.5, 0.6) is 0 Å². The molecule has 0 saturated heterocycles. The Balaban J connectivity index is 2.50. The largest absolute Gasteiger partial charge is 0.478 e. The highest BCUT2D eigenvalue weighted by atomic mass is 16.4. The quantitative estimate of drug-likeness (QED) is 0.694. The Morgan fingerprint density at radius 3 is 2.80 bits per heavy atom. The number of aromatic carboxylic acids is 1. The van der Waals surface area contributed by atoms with Crippen LogP contribution in [0.3, 0.4) is 0 Å². The third kappa shape index (κ3) is 5.02. The molecule has 0 saturated carbocycles. The number of hydrogen-bond acceptors (Lipinski definition) is 2. The van der Waals surface area contributed by atoms with Crippen molar-refractivity contribution in [2.75, 3.05) is 0 Å². The molecule has 1 unspecified atom stereocenters. The topological polar surface area (TPSA) is 78.4 Å². The Kier molecular flexibility index (Phi) is 6.11. The average molecular weight is 274 g/mol. The molecule has 0 aliphatic rings. The van der Waals surface area contributed by atoms with E-state index in [2.05, 4.69) is 16.6 Å². The fraction of sp³-hybridized carbons (Fsp3) is 0.333. The van der Waals surface area contributed by atoms with E-state index < -0.39 is 5.97 Å². The van der Waals surface area contributed by atoms with E-state index in [0.717, 1.165) is 12.0 Å². The Bertz CT molecular complexity index is 520. The minimum Gasteiger partial charge on any atom is -0.478 e. The lowest BCUT2D eigenvalue weighted by Crippen LogP contribution is -2.41. The summed E-state index contributed by atoms with van der Waals surface area (Å²) < 4.78 is 0. The number of carboxylic acids is 1. The average Bonchev–Trinajstić information content (AvgIpc) is 2.45. The Labute approximate surface area is 118 Å². The molecule has 0 aliphatic heterocycles. The van der Waals surface area contributed by atoms with Gasteiger partial charge in [0, 0.05) is 19.0 Å². The van der Waals surface area contributed by atoms with Gasteiger partial charge in [0.05, 0.1) is 5.56 Å². The Morgan fingerprint density at radius 1 is 1.45 bits per heavy atom. The molecule has 0 radical (unpaired) electrons. The van der Waals surface area contributed by atoms with Gasteiger partial charge in [0.2, 0.25) is 0 Å². The molecule has 1 rings (SSSR count). The lowest BCUT2D eigenvalue weighted by atomic mass is 10.1. The van der Waals surface area contributed by atoms with Crippen LogP contribution < -0.4 is 10.6 Å². The van der Waals surface area contributed by atoms with Gasteiger partial charge in [-0.25, -0.2) is 9.59 Å². The molecule has 0 fully saturated rings. The van der Waals surface area contributed by atoms with E-state index >= 15 is 0 Å². The van der Waals surface area contributed by atoms with E-state index in [9.17, 15) is 9.59 Å². The summed E-state index contributed by atoms with van der Waals surface area (Å²) in [6.45, 7) is 2.21. The number of carboxylic acid groups (broad SMARTS) is 1. The summed E-state index contributed by atoms with van der Waals surface area (Å²) in [6.07, 6.45) is 6.45. The lowest BCUT2D eigenvalue weighted by molar-refractivity contribution is 0.0696. The second kappa shape index (κ2) is 7.85. The number of nitrogens with one attached hydrogen (secondary N) is 2. The number of benzene rings is 1. The highest BCUT2D eigenvalue weighted by molar-refractivity contribution is 5.87. The first-order valence-corrected chi connectivity index (χ1v) is 6.36. The summed E-state index contributed by atoms with van der Waals surface area (Å²) in [7, 11) is 0. The van der Waals surface area contributed by atoms with Crippen molar-refractivity contribution < 1.29 is 14.7 Å². The molecule has 3 N–H and O–H groups in total. The molecule has 1 aromatic carbocycles. The highest BCUT2D eigenvalue weighted by Crippen LogP contribution is 2.05. The van der Waals surface area contributed by atoms with Gasteiger partial charge in [0.1, 0.15) is 0 Å². The molecule has 1 atom stereocenters. The van der Waals surface area contributed by atoms with E-state index in [-0.39, 0.29) is 24.2 Å². The van der Waals surface area contributed by atoms with Crippen molar-refractivity contribution >= 4 is 12.0 Å². The second-order valence-corrected chi connectivity index (χ2v) is 4.35. The minimum absolute atomic E-state index is 0.0506. The monoisotopic (exact) mass is 274 g/mol. The van der Waals surface area contributed by atoms with Crippen molar-refractivity contribution in [3.63, 3.8) is 0 Å². The summed E-state index contributed by atoms with van der Waals surface area (Å²) in [6, 6.07) is 6.07. The number of amides is 2. The van der Waals surface area contributed by atoms with Crippen molar-refractivity contribution in [3.8, 4) is 12.3 Å². The van der Waals surface area contributed by atoms with Crippen molar-refractivity contribution in [1.82, 2.24) is 10.6 Å². The van der Waals surface area contributed by atoms with Crippen LogP contribution in [0, 0.1) is 12.3 Å². The van der Waals surface area contributed by atoms with Gasteiger partial charge in [-0.3, -0.25) is 0 Å².